The van der Waals surface area contributed by atoms with Gasteiger partial charge in [-0.1, -0.05) is 27.7 Å². The summed E-state index contributed by atoms with van der Waals surface area (Å²) in [5, 5.41) is 21.5. The predicted octanol–water partition coefficient (Wildman–Crippen LogP) is 4.76. The summed E-state index contributed by atoms with van der Waals surface area (Å²) in [7, 11) is 0. The Bertz CT molecular complexity index is 716. The summed E-state index contributed by atoms with van der Waals surface area (Å²) in [5.74, 6) is 3.89. The molecule has 6 fully saturated rings. The third kappa shape index (κ3) is 2.74. The average Bonchev–Trinajstić information content (AvgIpc) is 3.16. The van der Waals surface area contributed by atoms with Crippen molar-refractivity contribution >= 4 is 0 Å². The highest BCUT2D eigenvalue weighted by Gasteiger charge is 2.69. The van der Waals surface area contributed by atoms with Gasteiger partial charge >= 0.3 is 0 Å². The van der Waals surface area contributed by atoms with Crippen LogP contribution in [-0.2, 0) is 9.47 Å². The molecule has 0 aromatic rings. The van der Waals surface area contributed by atoms with E-state index in [-0.39, 0.29) is 23.4 Å². The van der Waals surface area contributed by atoms with Crippen LogP contribution in [0.15, 0.2) is 0 Å². The summed E-state index contributed by atoms with van der Waals surface area (Å²) in [6.07, 6.45) is 9.56. The highest BCUT2D eigenvalue weighted by Crippen LogP contribution is 2.71. The topological polar surface area (TPSA) is 58.9 Å². The van der Waals surface area contributed by atoms with Crippen molar-refractivity contribution in [2.45, 2.75) is 110 Å². The number of hydrogen-bond acceptors (Lipinski definition) is 4. The van der Waals surface area contributed by atoms with Gasteiger partial charge < -0.3 is 19.7 Å². The largest absolute Gasteiger partial charge is 0.393 e. The lowest BCUT2D eigenvalue weighted by Crippen LogP contribution is -2.59. The molecule has 4 nitrogen and oxygen atoms in total. The molecule has 13 atom stereocenters. The van der Waals surface area contributed by atoms with Crippen LogP contribution in [0.25, 0.3) is 0 Å². The first-order valence-electron chi connectivity index (χ1n) is 13.4. The van der Waals surface area contributed by atoms with Crippen LogP contribution in [0.4, 0.5) is 0 Å². The van der Waals surface area contributed by atoms with Crippen molar-refractivity contribution in [3.05, 3.63) is 0 Å². The van der Waals surface area contributed by atoms with Crippen LogP contribution in [-0.4, -0.2) is 40.9 Å². The average molecular weight is 433 g/mol. The second-order valence-electron chi connectivity index (χ2n) is 13.2. The molecule has 6 rings (SSSR count). The fourth-order valence-electron chi connectivity index (χ4n) is 10.3. The third-order valence-corrected chi connectivity index (χ3v) is 12.0. The molecule has 176 valence electrons. The van der Waals surface area contributed by atoms with Crippen molar-refractivity contribution in [1.29, 1.82) is 0 Å². The van der Waals surface area contributed by atoms with E-state index in [9.17, 15) is 10.2 Å². The van der Waals surface area contributed by atoms with Crippen molar-refractivity contribution in [3.63, 3.8) is 0 Å². The number of ether oxygens (including phenoxy) is 2. The van der Waals surface area contributed by atoms with Crippen LogP contribution in [0.2, 0.25) is 0 Å². The Morgan fingerprint density at radius 1 is 0.871 bits per heavy atom. The molecule has 0 bridgehead atoms. The second-order valence-corrected chi connectivity index (χ2v) is 13.2. The summed E-state index contributed by atoms with van der Waals surface area (Å²) in [6, 6.07) is 0. The van der Waals surface area contributed by atoms with Crippen molar-refractivity contribution in [2.24, 2.45) is 52.3 Å². The van der Waals surface area contributed by atoms with Crippen molar-refractivity contribution in [2.75, 3.05) is 6.61 Å². The van der Waals surface area contributed by atoms with Gasteiger partial charge in [-0.2, -0.15) is 0 Å². The number of fused-ring (bicyclic) bond motifs is 7. The zero-order valence-corrected chi connectivity index (χ0v) is 20.1. The standard InChI is InChI=1S/C27H44O4/c1-15-7-10-27(30-14-15)16(2)24-22(31-27)13-21-19-6-5-17-11-18(28)12-23(29)26(17,4)20(19)8-9-25(21,24)3/h15-24,28-29H,5-14H2,1-4H3/t15-,16+,17-,18+,19-,20+,21+,22+,23+,24-,25+,26+,27-/m1/s1. The molecule has 4 heteroatoms. The summed E-state index contributed by atoms with van der Waals surface area (Å²) < 4.78 is 13.3. The summed E-state index contributed by atoms with van der Waals surface area (Å²) in [5.41, 5.74) is 0.320. The molecule has 0 aromatic carbocycles. The SMILES string of the molecule is C[C@@H]1CC[C@@]2(OC1)O[C@H]1C[C@H]3[C@@H]4CC[C@@H]5C[C@H](O)C[C@H](O)[C@]5(C)[C@H]4CC[C@]3(C)[C@@H]1[C@@H]2C. The van der Waals surface area contributed by atoms with Crippen molar-refractivity contribution in [3.8, 4) is 0 Å². The molecule has 1 spiro atoms. The quantitative estimate of drug-likeness (QED) is 0.579. The van der Waals surface area contributed by atoms with E-state index in [0.29, 0.717) is 59.4 Å². The Hall–Kier alpha value is -0.160. The van der Waals surface area contributed by atoms with E-state index in [1.165, 1.54) is 38.5 Å². The molecule has 0 aromatic heterocycles. The predicted molar refractivity (Wildman–Crippen MR) is 119 cm³/mol. The minimum atomic E-state index is -0.351. The van der Waals surface area contributed by atoms with Gasteiger partial charge in [-0.3, -0.25) is 0 Å². The van der Waals surface area contributed by atoms with E-state index >= 15 is 0 Å². The normalized spacial score (nSPS) is 63.3. The molecule has 2 aliphatic heterocycles. The first-order valence-corrected chi connectivity index (χ1v) is 13.4. The van der Waals surface area contributed by atoms with Gasteiger partial charge in [0, 0.05) is 12.3 Å². The molecule has 0 unspecified atom stereocenters. The van der Waals surface area contributed by atoms with E-state index in [0.717, 1.165) is 19.4 Å². The molecular formula is C27H44O4. The molecular weight excluding hydrogens is 388 g/mol. The Morgan fingerprint density at radius 2 is 1.68 bits per heavy atom. The summed E-state index contributed by atoms with van der Waals surface area (Å²) in [4.78, 5) is 0. The Kier molecular flexibility index (Phi) is 4.78. The monoisotopic (exact) mass is 432 g/mol. The van der Waals surface area contributed by atoms with Gasteiger partial charge in [0.15, 0.2) is 5.79 Å². The van der Waals surface area contributed by atoms with Gasteiger partial charge in [-0.25, -0.2) is 0 Å². The number of aliphatic hydroxyl groups excluding tert-OH is 2. The fourth-order valence-corrected chi connectivity index (χ4v) is 10.3. The third-order valence-electron chi connectivity index (χ3n) is 12.0. The zero-order valence-electron chi connectivity index (χ0n) is 20.1. The molecule has 31 heavy (non-hydrogen) atoms. The van der Waals surface area contributed by atoms with E-state index in [1.807, 2.05) is 0 Å². The molecule has 2 N–H and O–H groups in total. The molecule has 4 saturated carbocycles. The lowest BCUT2D eigenvalue weighted by molar-refractivity contribution is -0.273. The summed E-state index contributed by atoms with van der Waals surface area (Å²) in [6.45, 7) is 10.5. The highest BCUT2D eigenvalue weighted by molar-refractivity contribution is 5.16. The van der Waals surface area contributed by atoms with E-state index in [4.69, 9.17) is 9.47 Å². The van der Waals surface area contributed by atoms with Crippen molar-refractivity contribution in [1.82, 2.24) is 0 Å². The minimum Gasteiger partial charge on any atom is -0.393 e. The smallest absolute Gasteiger partial charge is 0.171 e. The first-order chi connectivity index (χ1) is 14.7. The Balaban J connectivity index is 1.27. The van der Waals surface area contributed by atoms with Crippen LogP contribution in [0.3, 0.4) is 0 Å². The summed E-state index contributed by atoms with van der Waals surface area (Å²) >= 11 is 0. The van der Waals surface area contributed by atoms with Gasteiger partial charge in [0.1, 0.15) is 0 Å². The van der Waals surface area contributed by atoms with Crippen LogP contribution in [0.1, 0.15) is 85.5 Å². The number of rotatable bonds is 0. The fraction of sp³-hybridized carbons (Fsp3) is 1.00. The molecule has 2 heterocycles. The lowest BCUT2D eigenvalue weighted by Gasteiger charge is -2.62. The van der Waals surface area contributed by atoms with Crippen LogP contribution < -0.4 is 0 Å². The maximum Gasteiger partial charge on any atom is 0.171 e. The minimum absolute atomic E-state index is 0.0164. The van der Waals surface area contributed by atoms with E-state index < -0.39 is 0 Å². The highest BCUT2D eigenvalue weighted by atomic mass is 16.7. The maximum absolute atomic E-state index is 11.2. The Morgan fingerprint density at radius 3 is 2.42 bits per heavy atom. The van der Waals surface area contributed by atoms with Crippen LogP contribution in [0, 0.1) is 52.3 Å². The van der Waals surface area contributed by atoms with E-state index in [2.05, 4.69) is 27.7 Å². The molecule has 6 aliphatic rings. The number of aliphatic hydroxyl groups is 2. The Labute approximate surface area is 188 Å². The molecule has 0 amide bonds. The van der Waals surface area contributed by atoms with Gasteiger partial charge in [0.2, 0.25) is 0 Å². The first kappa shape index (κ1) is 21.4. The number of hydrogen-bond donors (Lipinski definition) is 2. The molecule has 0 radical (unpaired) electrons. The van der Waals surface area contributed by atoms with Gasteiger partial charge in [0.05, 0.1) is 24.9 Å². The van der Waals surface area contributed by atoms with Gasteiger partial charge in [-0.15, -0.1) is 0 Å². The zero-order chi connectivity index (χ0) is 21.8. The van der Waals surface area contributed by atoms with Gasteiger partial charge in [-0.05, 0) is 97.7 Å². The second kappa shape index (κ2) is 6.93. The molecule has 4 aliphatic carbocycles. The van der Waals surface area contributed by atoms with Crippen LogP contribution >= 0.6 is 0 Å². The molecule has 2 saturated heterocycles. The van der Waals surface area contributed by atoms with E-state index in [1.54, 1.807) is 0 Å². The van der Waals surface area contributed by atoms with Gasteiger partial charge in [0.25, 0.3) is 0 Å². The van der Waals surface area contributed by atoms with Crippen LogP contribution in [0.5, 0.6) is 0 Å². The van der Waals surface area contributed by atoms with Crippen molar-refractivity contribution < 1.29 is 19.7 Å². The maximum atomic E-state index is 11.2. The lowest BCUT2D eigenvalue weighted by atomic mass is 9.43.